The zero-order valence-corrected chi connectivity index (χ0v) is 12.3. The van der Waals surface area contributed by atoms with Gasteiger partial charge < -0.3 is 20.9 Å². The molecule has 1 aromatic heterocycles. The van der Waals surface area contributed by atoms with Gasteiger partial charge in [0.05, 0.1) is 0 Å². The predicted octanol–water partition coefficient (Wildman–Crippen LogP) is 0.617. The van der Waals surface area contributed by atoms with Crippen LogP contribution in [0, 0.1) is 0 Å². The quantitative estimate of drug-likeness (QED) is 0.828. The molecule has 0 radical (unpaired) electrons. The SMILES string of the molecule is CN(C)c1nc(N)c(C(=O)NCCN2CCCC2)s1. The van der Waals surface area contributed by atoms with Crippen molar-refractivity contribution in [1.29, 1.82) is 0 Å². The van der Waals surface area contributed by atoms with Crippen LogP contribution in [0.3, 0.4) is 0 Å². The average molecular weight is 283 g/mol. The van der Waals surface area contributed by atoms with E-state index in [1.807, 2.05) is 19.0 Å². The molecule has 1 aliphatic rings. The molecule has 1 aliphatic heterocycles. The molecule has 7 heteroatoms. The Morgan fingerprint density at radius 2 is 2.16 bits per heavy atom. The van der Waals surface area contributed by atoms with Crippen molar-refractivity contribution in [2.24, 2.45) is 0 Å². The van der Waals surface area contributed by atoms with E-state index in [1.165, 1.54) is 24.2 Å². The Bertz CT molecular complexity index is 439. The number of nitrogens with two attached hydrogens (primary N) is 1. The van der Waals surface area contributed by atoms with E-state index in [9.17, 15) is 4.79 Å². The number of carbonyl (C=O) groups excluding carboxylic acids is 1. The summed E-state index contributed by atoms with van der Waals surface area (Å²) >= 11 is 1.32. The summed E-state index contributed by atoms with van der Waals surface area (Å²) in [5.41, 5.74) is 5.78. The standard InChI is InChI=1S/C12H21N5OS/c1-16(2)12-15-10(13)9(19-12)11(18)14-5-8-17-6-3-4-7-17/h3-8,13H2,1-2H3,(H,14,18). The summed E-state index contributed by atoms with van der Waals surface area (Å²) in [5, 5.41) is 3.66. The largest absolute Gasteiger partial charge is 0.382 e. The number of nitrogen functional groups attached to an aromatic ring is 1. The normalized spacial score (nSPS) is 15.7. The van der Waals surface area contributed by atoms with Crippen LogP contribution in [0.15, 0.2) is 0 Å². The lowest BCUT2D eigenvalue weighted by Crippen LogP contribution is -2.33. The Morgan fingerprint density at radius 3 is 2.74 bits per heavy atom. The van der Waals surface area contributed by atoms with Crippen LogP contribution in [-0.4, -0.2) is 56.1 Å². The van der Waals surface area contributed by atoms with Gasteiger partial charge in [-0.2, -0.15) is 0 Å². The molecule has 106 valence electrons. The number of amides is 1. The molecule has 2 heterocycles. The Morgan fingerprint density at radius 1 is 1.47 bits per heavy atom. The van der Waals surface area contributed by atoms with E-state index in [0.717, 1.165) is 24.8 Å². The molecule has 0 bridgehead atoms. The number of rotatable bonds is 5. The molecule has 1 fully saturated rings. The van der Waals surface area contributed by atoms with Gasteiger partial charge in [0.2, 0.25) is 0 Å². The molecule has 2 rings (SSSR count). The Labute approximate surface area is 117 Å². The molecule has 1 aromatic rings. The smallest absolute Gasteiger partial charge is 0.265 e. The lowest BCUT2D eigenvalue weighted by atomic mass is 10.4. The number of nitrogens with zero attached hydrogens (tertiary/aromatic N) is 3. The molecule has 0 spiro atoms. The van der Waals surface area contributed by atoms with Crippen LogP contribution >= 0.6 is 11.3 Å². The Balaban J connectivity index is 1.85. The van der Waals surface area contributed by atoms with Crippen LogP contribution in [0.5, 0.6) is 0 Å². The summed E-state index contributed by atoms with van der Waals surface area (Å²) in [7, 11) is 3.76. The Kier molecular flexibility index (Phi) is 4.60. The first-order valence-electron chi connectivity index (χ1n) is 6.52. The number of hydrogen-bond acceptors (Lipinski definition) is 6. The molecule has 19 heavy (non-hydrogen) atoms. The van der Waals surface area contributed by atoms with Gasteiger partial charge in [0.25, 0.3) is 5.91 Å². The maximum atomic E-state index is 12.0. The second-order valence-corrected chi connectivity index (χ2v) is 5.89. The van der Waals surface area contributed by atoms with Crippen molar-refractivity contribution < 1.29 is 4.79 Å². The van der Waals surface area contributed by atoms with Gasteiger partial charge >= 0.3 is 0 Å². The molecule has 0 unspecified atom stereocenters. The number of nitrogens with one attached hydrogen (secondary N) is 1. The van der Waals surface area contributed by atoms with E-state index < -0.39 is 0 Å². The minimum absolute atomic E-state index is 0.123. The van der Waals surface area contributed by atoms with Gasteiger partial charge in [-0.05, 0) is 25.9 Å². The van der Waals surface area contributed by atoms with E-state index in [-0.39, 0.29) is 5.91 Å². The van der Waals surface area contributed by atoms with Gasteiger partial charge in [0, 0.05) is 27.2 Å². The first-order chi connectivity index (χ1) is 9.08. The van der Waals surface area contributed by atoms with Crippen molar-refractivity contribution in [3.63, 3.8) is 0 Å². The van der Waals surface area contributed by atoms with Crippen LogP contribution in [0.2, 0.25) is 0 Å². The van der Waals surface area contributed by atoms with E-state index in [0.29, 0.717) is 17.2 Å². The van der Waals surface area contributed by atoms with Gasteiger partial charge in [0.15, 0.2) is 5.13 Å². The molecular formula is C12H21N5OS. The zero-order valence-electron chi connectivity index (χ0n) is 11.5. The predicted molar refractivity (Wildman–Crippen MR) is 78.9 cm³/mol. The number of anilines is 2. The molecule has 0 aliphatic carbocycles. The molecule has 0 aromatic carbocycles. The van der Waals surface area contributed by atoms with Gasteiger partial charge in [-0.1, -0.05) is 11.3 Å². The highest BCUT2D eigenvalue weighted by Gasteiger charge is 2.17. The molecular weight excluding hydrogens is 262 g/mol. The second-order valence-electron chi connectivity index (χ2n) is 4.91. The zero-order chi connectivity index (χ0) is 13.8. The highest BCUT2D eigenvalue weighted by molar-refractivity contribution is 7.18. The third-order valence-electron chi connectivity index (χ3n) is 3.14. The molecule has 0 atom stereocenters. The van der Waals surface area contributed by atoms with Crippen molar-refractivity contribution in [3.8, 4) is 0 Å². The van der Waals surface area contributed by atoms with Crippen molar-refractivity contribution in [2.45, 2.75) is 12.8 Å². The highest BCUT2D eigenvalue weighted by atomic mass is 32.1. The van der Waals surface area contributed by atoms with Gasteiger partial charge in [-0.25, -0.2) is 4.98 Å². The third-order valence-corrected chi connectivity index (χ3v) is 4.38. The van der Waals surface area contributed by atoms with E-state index in [1.54, 1.807) is 0 Å². The third kappa shape index (κ3) is 3.57. The maximum absolute atomic E-state index is 12.0. The average Bonchev–Trinajstić information content (AvgIpc) is 2.98. The Hall–Kier alpha value is -1.34. The van der Waals surface area contributed by atoms with Crippen LogP contribution in [-0.2, 0) is 0 Å². The highest BCUT2D eigenvalue weighted by Crippen LogP contribution is 2.26. The topological polar surface area (TPSA) is 74.5 Å². The van der Waals surface area contributed by atoms with Crippen molar-refractivity contribution in [3.05, 3.63) is 4.88 Å². The van der Waals surface area contributed by atoms with E-state index in [4.69, 9.17) is 5.73 Å². The lowest BCUT2D eigenvalue weighted by Gasteiger charge is -2.14. The van der Waals surface area contributed by atoms with Crippen LogP contribution < -0.4 is 16.0 Å². The summed E-state index contributed by atoms with van der Waals surface area (Å²) in [4.78, 5) is 20.9. The van der Waals surface area contributed by atoms with Crippen molar-refractivity contribution in [2.75, 3.05) is 50.9 Å². The number of carbonyl (C=O) groups is 1. The number of hydrogen-bond donors (Lipinski definition) is 2. The summed E-state index contributed by atoms with van der Waals surface area (Å²) < 4.78 is 0. The lowest BCUT2D eigenvalue weighted by molar-refractivity contribution is 0.0954. The van der Waals surface area contributed by atoms with Crippen LogP contribution in [0.4, 0.5) is 10.9 Å². The minimum Gasteiger partial charge on any atom is -0.382 e. The second kappa shape index (κ2) is 6.21. The summed E-state index contributed by atoms with van der Waals surface area (Å²) in [6.07, 6.45) is 2.53. The fourth-order valence-electron chi connectivity index (χ4n) is 2.09. The van der Waals surface area contributed by atoms with E-state index >= 15 is 0 Å². The molecule has 0 saturated carbocycles. The molecule has 3 N–H and O–H groups in total. The van der Waals surface area contributed by atoms with Crippen LogP contribution in [0.25, 0.3) is 0 Å². The fraction of sp³-hybridized carbons (Fsp3) is 0.667. The van der Waals surface area contributed by atoms with Gasteiger partial charge in [-0.15, -0.1) is 0 Å². The van der Waals surface area contributed by atoms with Crippen molar-refractivity contribution >= 4 is 28.2 Å². The van der Waals surface area contributed by atoms with Gasteiger partial charge in [0.1, 0.15) is 10.7 Å². The monoisotopic (exact) mass is 283 g/mol. The molecule has 1 saturated heterocycles. The first-order valence-corrected chi connectivity index (χ1v) is 7.34. The van der Waals surface area contributed by atoms with Crippen molar-refractivity contribution in [1.82, 2.24) is 15.2 Å². The molecule has 6 nitrogen and oxygen atoms in total. The number of thiazole rings is 1. The first kappa shape index (κ1) is 14.1. The van der Waals surface area contributed by atoms with E-state index in [2.05, 4.69) is 15.2 Å². The summed E-state index contributed by atoms with van der Waals surface area (Å²) in [6.45, 7) is 3.85. The van der Waals surface area contributed by atoms with Gasteiger partial charge in [-0.3, -0.25) is 4.79 Å². The minimum atomic E-state index is -0.123. The summed E-state index contributed by atoms with van der Waals surface area (Å²) in [6, 6.07) is 0. The number of aromatic nitrogens is 1. The number of likely N-dealkylation sites (tertiary alicyclic amines) is 1. The molecule has 1 amide bonds. The maximum Gasteiger partial charge on any atom is 0.265 e. The summed E-state index contributed by atoms with van der Waals surface area (Å²) in [5.74, 6) is 0.190. The van der Waals surface area contributed by atoms with Crippen LogP contribution in [0.1, 0.15) is 22.5 Å². The fourth-order valence-corrected chi connectivity index (χ4v) is 2.91.